The number of hydrogen-bond donors (Lipinski definition) is 0. The molecule has 0 spiro atoms. The van der Waals surface area contributed by atoms with Crippen molar-refractivity contribution in [1.29, 1.82) is 0 Å². The molecule has 5 heteroatoms. The molecular formula is C21H23NO3S. The zero-order chi connectivity index (χ0) is 18.1. The van der Waals surface area contributed by atoms with Crippen molar-refractivity contribution in [2.24, 2.45) is 5.92 Å². The molecule has 1 aliphatic carbocycles. The van der Waals surface area contributed by atoms with Crippen LogP contribution in [0.4, 0.5) is 0 Å². The van der Waals surface area contributed by atoms with Crippen LogP contribution in [-0.4, -0.2) is 37.3 Å². The maximum atomic E-state index is 13.2. The van der Waals surface area contributed by atoms with Crippen molar-refractivity contribution >= 4 is 17.7 Å². The molecule has 1 heterocycles. The summed E-state index contributed by atoms with van der Waals surface area (Å²) in [6.07, 6.45) is 0.950. The fourth-order valence-electron chi connectivity index (χ4n) is 3.74. The minimum atomic E-state index is -0.00965. The molecule has 1 saturated heterocycles. The molecule has 26 heavy (non-hydrogen) atoms. The second-order valence-electron chi connectivity index (χ2n) is 6.72. The van der Waals surface area contributed by atoms with Crippen molar-refractivity contribution in [3.63, 3.8) is 0 Å². The number of amides is 1. The average Bonchev–Trinajstić information content (AvgIpc) is 3.35. The first kappa shape index (κ1) is 17.3. The highest BCUT2D eigenvalue weighted by Gasteiger charge is 2.48. The van der Waals surface area contributed by atoms with E-state index in [0.717, 1.165) is 35.8 Å². The van der Waals surface area contributed by atoms with Crippen molar-refractivity contribution in [3.05, 3.63) is 59.7 Å². The molecule has 2 aromatic rings. The Bertz CT molecular complexity index is 795. The number of carbonyl (C=O) groups is 1. The Morgan fingerprint density at radius 3 is 2.65 bits per heavy atom. The van der Waals surface area contributed by atoms with Crippen molar-refractivity contribution in [2.45, 2.75) is 17.7 Å². The summed E-state index contributed by atoms with van der Waals surface area (Å²) in [5.41, 5.74) is 2.29. The zero-order valence-electron chi connectivity index (χ0n) is 15.1. The first-order valence-electron chi connectivity index (χ1n) is 8.92. The molecule has 0 aromatic heterocycles. The van der Waals surface area contributed by atoms with Crippen LogP contribution in [0.15, 0.2) is 48.5 Å². The van der Waals surface area contributed by atoms with Gasteiger partial charge in [0.25, 0.3) is 0 Å². The van der Waals surface area contributed by atoms with E-state index in [0.29, 0.717) is 5.92 Å². The zero-order valence-corrected chi connectivity index (χ0v) is 15.9. The van der Waals surface area contributed by atoms with Gasteiger partial charge in [0.2, 0.25) is 5.91 Å². The number of nitrogens with zero attached hydrogens (tertiary/aromatic N) is 1. The van der Waals surface area contributed by atoms with Crippen LogP contribution in [-0.2, 0) is 4.79 Å². The van der Waals surface area contributed by atoms with E-state index in [-0.39, 0.29) is 17.2 Å². The Morgan fingerprint density at radius 1 is 1.12 bits per heavy atom. The first-order chi connectivity index (χ1) is 12.7. The molecule has 2 aromatic carbocycles. The minimum absolute atomic E-state index is 0.00965. The Kier molecular flexibility index (Phi) is 4.81. The molecule has 0 bridgehead atoms. The number of ether oxygens (including phenoxy) is 2. The third kappa shape index (κ3) is 3.16. The van der Waals surface area contributed by atoms with Gasteiger partial charge in [-0.05, 0) is 36.1 Å². The van der Waals surface area contributed by atoms with Gasteiger partial charge in [-0.3, -0.25) is 4.79 Å². The lowest BCUT2D eigenvalue weighted by Crippen LogP contribution is -2.32. The van der Waals surface area contributed by atoms with Crippen LogP contribution in [0.3, 0.4) is 0 Å². The maximum Gasteiger partial charge on any atom is 0.227 e. The molecule has 2 aliphatic rings. The molecular weight excluding hydrogens is 346 g/mol. The van der Waals surface area contributed by atoms with Crippen LogP contribution in [0.2, 0.25) is 0 Å². The topological polar surface area (TPSA) is 38.8 Å². The van der Waals surface area contributed by atoms with E-state index in [4.69, 9.17) is 9.47 Å². The van der Waals surface area contributed by atoms with Gasteiger partial charge in [0.1, 0.15) is 16.9 Å². The second-order valence-corrected chi connectivity index (χ2v) is 7.91. The summed E-state index contributed by atoms with van der Waals surface area (Å²) >= 11 is 1.79. The normalized spacial score (nSPS) is 24.4. The van der Waals surface area contributed by atoms with Gasteiger partial charge in [-0.1, -0.05) is 30.3 Å². The van der Waals surface area contributed by atoms with Crippen LogP contribution in [0.5, 0.6) is 11.5 Å². The number of methoxy groups -OCH3 is 2. The lowest BCUT2D eigenvalue weighted by atomic mass is 10.1. The lowest BCUT2D eigenvalue weighted by molar-refractivity contribution is -0.132. The number of hydrogen-bond acceptors (Lipinski definition) is 4. The van der Waals surface area contributed by atoms with Crippen LogP contribution in [0, 0.1) is 5.92 Å². The van der Waals surface area contributed by atoms with E-state index in [1.54, 1.807) is 26.0 Å². The van der Waals surface area contributed by atoms with Crippen molar-refractivity contribution in [1.82, 2.24) is 4.90 Å². The van der Waals surface area contributed by atoms with E-state index in [1.807, 2.05) is 41.3 Å². The van der Waals surface area contributed by atoms with E-state index in [2.05, 4.69) is 12.1 Å². The molecule has 0 radical (unpaired) electrons. The third-order valence-electron chi connectivity index (χ3n) is 5.21. The van der Waals surface area contributed by atoms with Gasteiger partial charge in [-0.25, -0.2) is 0 Å². The smallest absolute Gasteiger partial charge is 0.227 e. The molecule has 4 nitrogen and oxygen atoms in total. The summed E-state index contributed by atoms with van der Waals surface area (Å²) in [5.74, 6) is 3.27. The molecule has 0 unspecified atom stereocenters. The van der Waals surface area contributed by atoms with Crippen molar-refractivity contribution < 1.29 is 14.3 Å². The second kappa shape index (κ2) is 7.23. The van der Waals surface area contributed by atoms with Gasteiger partial charge in [-0.2, -0.15) is 0 Å². The molecule has 1 amide bonds. The van der Waals surface area contributed by atoms with Gasteiger partial charge >= 0.3 is 0 Å². The first-order valence-corrected chi connectivity index (χ1v) is 9.96. The Morgan fingerprint density at radius 2 is 1.92 bits per heavy atom. The highest BCUT2D eigenvalue weighted by Crippen LogP contribution is 2.51. The average molecular weight is 369 g/mol. The van der Waals surface area contributed by atoms with E-state index in [9.17, 15) is 4.79 Å². The third-order valence-corrected chi connectivity index (χ3v) is 6.45. The van der Waals surface area contributed by atoms with E-state index >= 15 is 0 Å². The fourth-order valence-corrected chi connectivity index (χ4v) is 5.01. The molecule has 0 N–H and O–H groups in total. The van der Waals surface area contributed by atoms with Crippen molar-refractivity contribution in [3.8, 4) is 11.5 Å². The predicted octanol–water partition coefficient (Wildman–Crippen LogP) is 4.08. The summed E-state index contributed by atoms with van der Waals surface area (Å²) in [4.78, 5) is 15.2. The largest absolute Gasteiger partial charge is 0.497 e. The van der Waals surface area contributed by atoms with Gasteiger partial charge in [0, 0.05) is 23.8 Å². The Hall–Kier alpha value is -2.14. The Labute approximate surface area is 158 Å². The van der Waals surface area contributed by atoms with Crippen LogP contribution < -0.4 is 9.47 Å². The SMILES string of the molecule is COc1ccc(OC)c([C@@H]2SCCN2C(=O)[C@@H]2C[C@H]2c2ccccc2)c1. The molecule has 3 atom stereocenters. The highest BCUT2D eigenvalue weighted by atomic mass is 32.2. The summed E-state index contributed by atoms with van der Waals surface area (Å²) in [5, 5.41) is -0.00965. The maximum absolute atomic E-state index is 13.2. The molecule has 4 rings (SSSR count). The monoisotopic (exact) mass is 369 g/mol. The highest BCUT2D eigenvalue weighted by molar-refractivity contribution is 7.99. The van der Waals surface area contributed by atoms with Crippen LogP contribution in [0.25, 0.3) is 0 Å². The molecule has 136 valence electrons. The summed E-state index contributed by atoms with van der Waals surface area (Å²) in [6.45, 7) is 0.784. The van der Waals surface area contributed by atoms with Crippen LogP contribution >= 0.6 is 11.8 Å². The predicted molar refractivity (Wildman–Crippen MR) is 104 cm³/mol. The van der Waals surface area contributed by atoms with Gasteiger partial charge in [-0.15, -0.1) is 11.8 Å². The van der Waals surface area contributed by atoms with Crippen molar-refractivity contribution in [2.75, 3.05) is 26.5 Å². The lowest BCUT2D eigenvalue weighted by Gasteiger charge is -2.26. The number of benzene rings is 2. The Balaban J connectivity index is 1.55. The number of thioether (sulfide) groups is 1. The van der Waals surface area contributed by atoms with E-state index < -0.39 is 0 Å². The summed E-state index contributed by atoms with van der Waals surface area (Å²) in [7, 11) is 3.33. The molecule has 2 fully saturated rings. The van der Waals surface area contributed by atoms with Gasteiger partial charge < -0.3 is 14.4 Å². The van der Waals surface area contributed by atoms with E-state index in [1.165, 1.54) is 5.56 Å². The van der Waals surface area contributed by atoms with Crippen LogP contribution in [0.1, 0.15) is 28.8 Å². The summed E-state index contributed by atoms with van der Waals surface area (Å²) in [6, 6.07) is 16.2. The van der Waals surface area contributed by atoms with Gasteiger partial charge in [0.15, 0.2) is 0 Å². The fraction of sp³-hybridized carbons (Fsp3) is 0.381. The number of rotatable bonds is 5. The van der Waals surface area contributed by atoms with Gasteiger partial charge in [0.05, 0.1) is 14.2 Å². The molecule has 1 saturated carbocycles. The molecule has 1 aliphatic heterocycles. The minimum Gasteiger partial charge on any atom is -0.497 e. The summed E-state index contributed by atoms with van der Waals surface area (Å²) < 4.78 is 10.9. The number of carbonyl (C=O) groups excluding carboxylic acids is 1. The quantitative estimate of drug-likeness (QED) is 0.796. The standard InChI is InChI=1S/C21H23NO3S/c1-24-15-8-9-19(25-2)18(12-15)21-22(10-11-26-21)20(23)17-13-16(17)14-6-4-3-5-7-14/h3-9,12,16-17,21H,10-11,13H2,1-2H3/t16-,17+,21-/m0/s1.